The molecule has 3 aromatic rings. The van der Waals surface area contributed by atoms with E-state index >= 15 is 0 Å². The second-order valence-electron chi connectivity index (χ2n) is 10.5. The topological polar surface area (TPSA) is 130 Å². The van der Waals surface area contributed by atoms with Crippen molar-refractivity contribution in [3.63, 3.8) is 0 Å². The molecule has 3 aromatic carbocycles. The molecule has 1 saturated carbocycles. The first-order valence-corrected chi connectivity index (χ1v) is 15.5. The standard InChI is InChI=1S/C31H36N4O6S/c1-3-29(31(37)32-25-9-7-8-10-25)33(21-24-15-13-23(2)14-16-24)30(36)22-34(26-17-19-27(20-18-26)35(38)39)42(40,41)28-11-5-4-6-12-28/h4-6,11-20,25,29H,3,7-10,21-22H2,1-2H3,(H,32,37). The summed E-state index contributed by atoms with van der Waals surface area (Å²) in [7, 11) is -4.25. The molecular formula is C31H36N4O6S. The van der Waals surface area contributed by atoms with Crippen LogP contribution >= 0.6 is 0 Å². The molecule has 0 heterocycles. The van der Waals surface area contributed by atoms with Crippen LogP contribution in [0, 0.1) is 17.0 Å². The van der Waals surface area contributed by atoms with E-state index in [9.17, 15) is 28.1 Å². The van der Waals surface area contributed by atoms with Crippen LogP contribution in [0.25, 0.3) is 0 Å². The van der Waals surface area contributed by atoms with Crippen molar-refractivity contribution >= 4 is 33.2 Å². The Balaban J connectivity index is 1.71. The van der Waals surface area contributed by atoms with Crippen LogP contribution in [-0.2, 0) is 26.2 Å². The molecule has 0 aliphatic heterocycles. The van der Waals surface area contributed by atoms with Crippen molar-refractivity contribution in [1.82, 2.24) is 10.2 Å². The average molecular weight is 593 g/mol. The van der Waals surface area contributed by atoms with Crippen molar-refractivity contribution in [3.05, 3.63) is 100 Å². The van der Waals surface area contributed by atoms with E-state index in [4.69, 9.17) is 0 Å². The highest BCUT2D eigenvalue weighted by Crippen LogP contribution is 2.27. The second-order valence-corrected chi connectivity index (χ2v) is 12.4. The monoisotopic (exact) mass is 592 g/mol. The number of sulfonamides is 1. The number of nitrogens with one attached hydrogen (secondary N) is 1. The Bertz CT molecular complexity index is 1490. The first kappa shape index (κ1) is 30.7. The molecule has 11 heteroatoms. The number of nitro benzene ring substituents is 1. The zero-order valence-corrected chi connectivity index (χ0v) is 24.6. The van der Waals surface area contributed by atoms with Gasteiger partial charge in [-0.3, -0.25) is 24.0 Å². The molecule has 1 atom stereocenters. The van der Waals surface area contributed by atoms with Gasteiger partial charge >= 0.3 is 0 Å². The SMILES string of the molecule is CCC(C(=O)NC1CCCC1)N(Cc1ccc(C)cc1)C(=O)CN(c1ccc([N+](=O)[O-])cc1)S(=O)(=O)c1ccccc1. The molecule has 10 nitrogen and oxygen atoms in total. The molecule has 0 spiro atoms. The Hall–Kier alpha value is -4.25. The lowest BCUT2D eigenvalue weighted by molar-refractivity contribution is -0.384. The number of nitro groups is 1. The van der Waals surface area contributed by atoms with E-state index in [1.165, 1.54) is 41.3 Å². The molecular weight excluding hydrogens is 556 g/mol. The maximum Gasteiger partial charge on any atom is 0.269 e. The molecule has 1 N–H and O–H groups in total. The molecule has 1 aliphatic carbocycles. The Morgan fingerprint density at radius 2 is 1.60 bits per heavy atom. The van der Waals surface area contributed by atoms with E-state index < -0.39 is 33.4 Å². The normalized spacial score (nSPS) is 14.2. The smallest absolute Gasteiger partial charge is 0.269 e. The maximum absolute atomic E-state index is 14.1. The number of rotatable bonds is 12. The van der Waals surface area contributed by atoms with E-state index in [2.05, 4.69) is 5.32 Å². The van der Waals surface area contributed by atoms with Gasteiger partial charge in [-0.25, -0.2) is 8.42 Å². The lowest BCUT2D eigenvalue weighted by atomic mass is 10.1. The minimum Gasteiger partial charge on any atom is -0.352 e. The molecule has 1 unspecified atom stereocenters. The van der Waals surface area contributed by atoms with Gasteiger partial charge in [0.25, 0.3) is 15.7 Å². The first-order chi connectivity index (χ1) is 20.1. The van der Waals surface area contributed by atoms with Crippen molar-refractivity contribution in [2.45, 2.75) is 69.5 Å². The van der Waals surface area contributed by atoms with E-state index in [-0.39, 0.29) is 34.8 Å². The molecule has 0 aromatic heterocycles. The Morgan fingerprint density at radius 1 is 0.976 bits per heavy atom. The van der Waals surface area contributed by atoms with Gasteiger partial charge in [-0.2, -0.15) is 0 Å². The van der Waals surface area contributed by atoms with Crippen LogP contribution in [-0.4, -0.2) is 48.7 Å². The van der Waals surface area contributed by atoms with E-state index in [0.717, 1.165) is 41.1 Å². The van der Waals surface area contributed by atoms with Crippen molar-refractivity contribution in [1.29, 1.82) is 0 Å². The Labute approximate surface area is 246 Å². The number of hydrogen-bond donors (Lipinski definition) is 1. The molecule has 0 saturated heterocycles. The number of carbonyl (C=O) groups is 2. The molecule has 42 heavy (non-hydrogen) atoms. The molecule has 0 radical (unpaired) electrons. The molecule has 1 fully saturated rings. The number of nitrogens with zero attached hydrogens (tertiary/aromatic N) is 3. The van der Waals surface area contributed by atoms with Crippen molar-refractivity contribution < 1.29 is 22.9 Å². The van der Waals surface area contributed by atoms with E-state index in [0.29, 0.717) is 6.42 Å². The van der Waals surface area contributed by atoms with Crippen LogP contribution < -0.4 is 9.62 Å². The highest BCUT2D eigenvalue weighted by molar-refractivity contribution is 7.92. The molecule has 2 amide bonds. The summed E-state index contributed by atoms with van der Waals surface area (Å²) in [6.07, 6.45) is 4.18. The van der Waals surface area contributed by atoms with Gasteiger partial charge in [-0.15, -0.1) is 0 Å². The van der Waals surface area contributed by atoms with Crippen LogP contribution in [0.2, 0.25) is 0 Å². The summed E-state index contributed by atoms with van der Waals surface area (Å²) in [4.78, 5) is 39.7. The fraction of sp³-hybridized carbons (Fsp3) is 0.355. The number of hydrogen-bond acceptors (Lipinski definition) is 6. The lowest BCUT2D eigenvalue weighted by Gasteiger charge is -2.33. The fourth-order valence-corrected chi connectivity index (χ4v) is 6.60. The Morgan fingerprint density at radius 3 is 2.17 bits per heavy atom. The van der Waals surface area contributed by atoms with Gasteiger partial charge in [0.15, 0.2) is 0 Å². The minimum atomic E-state index is -4.25. The van der Waals surface area contributed by atoms with Gasteiger partial charge < -0.3 is 10.2 Å². The largest absolute Gasteiger partial charge is 0.352 e. The summed E-state index contributed by atoms with van der Waals surface area (Å²) >= 11 is 0. The van der Waals surface area contributed by atoms with Gasteiger partial charge in [-0.1, -0.05) is 67.8 Å². The van der Waals surface area contributed by atoms with E-state index in [1.807, 2.05) is 38.1 Å². The van der Waals surface area contributed by atoms with Crippen LogP contribution in [0.15, 0.2) is 83.8 Å². The highest BCUT2D eigenvalue weighted by atomic mass is 32.2. The summed E-state index contributed by atoms with van der Waals surface area (Å²) < 4.78 is 28.6. The van der Waals surface area contributed by atoms with Gasteiger partial charge in [0.05, 0.1) is 15.5 Å². The van der Waals surface area contributed by atoms with E-state index in [1.54, 1.807) is 18.2 Å². The van der Waals surface area contributed by atoms with Crippen LogP contribution in [0.3, 0.4) is 0 Å². The van der Waals surface area contributed by atoms with Crippen LogP contribution in [0.1, 0.15) is 50.2 Å². The third-order valence-electron chi connectivity index (χ3n) is 7.52. The fourth-order valence-electron chi connectivity index (χ4n) is 5.17. The summed E-state index contributed by atoms with van der Waals surface area (Å²) in [6.45, 7) is 3.28. The molecule has 222 valence electrons. The molecule has 0 bridgehead atoms. The predicted octanol–water partition coefficient (Wildman–Crippen LogP) is 4.96. The third kappa shape index (κ3) is 7.33. The number of amides is 2. The molecule has 4 rings (SSSR count). The summed E-state index contributed by atoms with van der Waals surface area (Å²) in [5.41, 5.74) is 1.73. The highest BCUT2D eigenvalue weighted by Gasteiger charge is 2.34. The van der Waals surface area contributed by atoms with Crippen molar-refractivity contribution in [2.75, 3.05) is 10.8 Å². The zero-order chi connectivity index (χ0) is 30.3. The van der Waals surface area contributed by atoms with Crippen LogP contribution in [0.4, 0.5) is 11.4 Å². The predicted molar refractivity (Wildman–Crippen MR) is 160 cm³/mol. The average Bonchev–Trinajstić information content (AvgIpc) is 3.50. The number of benzene rings is 3. The number of non-ortho nitro benzene ring substituents is 1. The van der Waals surface area contributed by atoms with Gasteiger partial charge in [0.1, 0.15) is 12.6 Å². The van der Waals surface area contributed by atoms with Crippen LogP contribution in [0.5, 0.6) is 0 Å². The van der Waals surface area contributed by atoms with Gasteiger partial charge in [0, 0.05) is 24.7 Å². The zero-order valence-electron chi connectivity index (χ0n) is 23.8. The van der Waals surface area contributed by atoms with Crippen molar-refractivity contribution in [2.24, 2.45) is 0 Å². The van der Waals surface area contributed by atoms with Crippen molar-refractivity contribution in [3.8, 4) is 0 Å². The summed E-state index contributed by atoms with van der Waals surface area (Å²) in [5.74, 6) is -0.834. The second kappa shape index (κ2) is 13.6. The first-order valence-electron chi connectivity index (χ1n) is 14.1. The number of carbonyl (C=O) groups excluding carboxylic acids is 2. The summed E-state index contributed by atoms with van der Waals surface area (Å²) in [6, 6.07) is 19.5. The lowest BCUT2D eigenvalue weighted by Crippen LogP contribution is -2.53. The summed E-state index contributed by atoms with van der Waals surface area (Å²) in [5, 5.41) is 14.3. The molecule has 1 aliphatic rings. The van der Waals surface area contributed by atoms with Gasteiger partial charge in [0.2, 0.25) is 11.8 Å². The minimum absolute atomic E-state index is 0.0349. The Kier molecular flexibility index (Phi) is 9.95. The number of anilines is 1. The quantitative estimate of drug-likeness (QED) is 0.234. The maximum atomic E-state index is 14.1. The van der Waals surface area contributed by atoms with Gasteiger partial charge in [-0.05, 0) is 56.0 Å². The third-order valence-corrected chi connectivity index (χ3v) is 9.31. The number of aryl methyl sites for hydroxylation is 1.